The van der Waals surface area contributed by atoms with Crippen molar-refractivity contribution >= 4 is 22.8 Å². The molecule has 0 bridgehead atoms. The Labute approximate surface area is 115 Å². The Morgan fingerprint density at radius 1 is 1.38 bits per heavy atom. The van der Waals surface area contributed by atoms with Crippen molar-refractivity contribution in [3.8, 4) is 0 Å². The Morgan fingerprint density at radius 3 is 2.71 bits per heavy atom. The number of fused-ring (bicyclic) bond motifs is 1. The van der Waals surface area contributed by atoms with E-state index in [9.17, 15) is 22.8 Å². The Morgan fingerprint density at radius 2 is 2.10 bits per heavy atom. The lowest BCUT2D eigenvalue weighted by Crippen LogP contribution is -2.43. The minimum Gasteiger partial charge on any atom is -0.480 e. The van der Waals surface area contributed by atoms with Crippen LogP contribution in [0, 0.1) is 0 Å². The van der Waals surface area contributed by atoms with Crippen LogP contribution < -0.4 is 5.32 Å². The molecular formula is C12H10F3N3O3. The van der Waals surface area contributed by atoms with Crippen LogP contribution in [0.2, 0.25) is 0 Å². The van der Waals surface area contributed by atoms with Gasteiger partial charge in [-0.2, -0.15) is 18.3 Å². The van der Waals surface area contributed by atoms with Crippen molar-refractivity contribution < 1.29 is 27.9 Å². The number of aliphatic carboxylic acids is 1. The number of aromatic nitrogens is 2. The number of aromatic amines is 1. The van der Waals surface area contributed by atoms with Gasteiger partial charge in [0, 0.05) is 5.39 Å². The first-order valence-electron chi connectivity index (χ1n) is 5.80. The zero-order valence-electron chi connectivity index (χ0n) is 10.4. The number of rotatable bonds is 4. The lowest BCUT2D eigenvalue weighted by atomic mass is 10.1. The lowest BCUT2D eigenvalue weighted by Gasteiger charge is -2.16. The van der Waals surface area contributed by atoms with Gasteiger partial charge in [0.05, 0.1) is 23.7 Å². The number of hydrogen-bond acceptors (Lipinski definition) is 3. The fourth-order valence-corrected chi connectivity index (χ4v) is 1.83. The first-order valence-corrected chi connectivity index (χ1v) is 5.80. The molecule has 1 atom stereocenters. The molecule has 9 heteroatoms. The molecule has 3 N–H and O–H groups in total. The maximum absolute atomic E-state index is 12.3. The lowest BCUT2D eigenvalue weighted by molar-refractivity contribution is -0.157. The van der Waals surface area contributed by atoms with Gasteiger partial charge in [0.2, 0.25) is 0 Å². The molecule has 1 aromatic heterocycles. The Kier molecular flexibility index (Phi) is 3.83. The molecule has 0 aliphatic heterocycles. The molecule has 0 saturated heterocycles. The fraction of sp³-hybridized carbons (Fsp3) is 0.250. The molecule has 0 fully saturated rings. The number of carboxylic acid groups (broad SMARTS) is 1. The van der Waals surface area contributed by atoms with Crippen LogP contribution in [0.1, 0.15) is 16.8 Å². The van der Waals surface area contributed by atoms with Gasteiger partial charge in [-0.1, -0.05) is 12.1 Å². The van der Waals surface area contributed by atoms with Crippen LogP contribution in [0.3, 0.4) is 0 Å². The number of carboxylic acids is 1. The minimum atomic E-state index is -4.70. The molecule has 2 aromatic rings. The third-order valence-electron chi connectivity index (χ3n) is 2.76. The maximum Gasteiger partial charge on any atom is 0.391 e. The highest BCUT2D eigenvalue weighted by Crippen LogP contribution is 2.22. The van der Waals surface area contributed by atoms with Crippen molar-refractivity contribution in [2.45, 2.75) is 18.6 Å². The quantitative estimate of drug-likeness (QED) is 0.801. The topological polar surface area (TPSA) is 95.1 Å². The summed E-state index contributed by atoms with van der Waals surface area (Å²) >= 11 is 0. The molecule has 1 aromatic carbocycles. The number of nitrogens with one attached hydrogen (secondary N) is 2. The SMILES string of the molecule is O=C(NC(CC(F)(F)F)C(=O)O)c1cccc2cn[nH]c12. The molecule has 1 amide bonds. The van der Waals surface area contributed by atoms with E-state index in [2.05, 4.69) is 10.2 Å². The molecular weight excluding hydrogens is 291 g/mol. The summed E-state index contributed by atoms with van der Waals surface area (Å²) in [5.74, 6) is -2.67. The van der Waals surface area contributed by atoms with E-state index in [1.54, 1.807) is 6.07 Å². The van der Waals surface area contributed by atoms with Crippen molar-refractivity contribution in [2.24, 2.45) is 0 Å². The molecule has 2 rings (SSSR count). The van der Waals surface area contributed by atoms with Gasteiger partial charge in [-0.05, 0) is 6.07 Å². The van der Waals surface area contributed by atoms with E-state index in [1.165, 1.54) is 18.3 Å². The summed E-state index contributed by atoms with van der Waals surface area (Å²) in [6.45, 7) is 0. The molecule has 0 spiro atoms. The van der Waals surface area contributed by atoms with Crippen LogP contribution in [0.25, 0.3) is 10.9 Å². The van der Waals surface area contributed by atoms with E-state index in [0.29, 0.717) is 10.9 Å². The molecule has 0 aliphatic carbocycles. The Bertz CT molecular complexity index is 681. The summed E-state index contributed by atoms with van der Waals surface area (Å²) in [6, 6.07) is 2.49. The van der Waals surface area contributed by atoms with E-state index in [0.717, 1.165) is 0 Å². The monoisotopic (exact) mass is 301 g/mol. The fourth-order valence-electron chi connectivity index (χ4n) is 1.83. The van der Waals surface area contributed by atoms with Crippen molar-refractivity contribution in [1.82, 2.24) is 15.5 Å². The zero-order chi connectivity index (χ0) is 15.6. The van der Waals surface area contributed by atoms with Gasteiger partial charge >= 0.3 is 12.1 Å². The molecule has 6 nitrogen and oxygen atoms in total. The molecule has 112 valence electrons. The van der Waals surface area contributed by atoms with Gasteiger partial charge in [0.25, 0.3) is 5.91 Å². The number of para-hydroxylation sites is 1. The molecule has 0 saturated carbocycles. The minimum absolute atomic E-state index is 0.0263. The number of alkyl halides is 3. The van der Waals surface area contributed by atoms with E-state index < -0.39 is 30.5 Å². The first-order chi connectivity index (χ1) is 9.78. The molecule has 0 radical (unpaired) electrons. The number of benzene rings is 1. The van der Waals surface area contributed by atoms with Crippen molar-refractivity contribution in [1.29, 1.82) is 0 Å². The third-order valence-corrected chi connectivity index (χ3v) is 2.76. The van der Waals surface area contributed by atoms with Crippen LogP contribution >= 0.6 is 0 Å². The predicted octanol–water partition coefficient (Wildman–Crippen LogP) is 1.70. The smallest absolute Gasteiger partial charge is 0.391 e. The van der Waals surface area contributed by atoms with Gasteiger partial charge in [-0.25, -0.2) is 4.79 Å². The summed E-state index contributed by atoms with van der Waals surface area (Å²) in [5.41, 5.74) is 0.351. The first kappa shape index (κ1) is 14.8. The molecule has 1 unspecified atom stereocenters. The van der Waals surface area contributed by atoms with Crippen LogP contribution in [0.5, 0.6) is 0 Å². The summed E-state index contributed by atoms with van der Waals surface area (Å²) in [5, 5.41) is 17.5. The van der Waals surface area contributed by atoms with Crippen LogP contribution in [0.4, 0.5) is 13.2 Å². The number of nitrogens with zero attached hydrogens (tertiary/aromatic N) is 1. The summed E-state index contributed by atoms with van der Waals surface area (Å²) in [6.07, 6.45) is -4.90. The molecule has 21 heavy (non-hydrogen) atoms. The summed E-state index contributed by atoms with van der Waals surface area (Å²) in [7, 11) is 0. The zero-order valence-corrected chi connectivity index (χ0v) is 10.4. The average Bonchev–Trinajstić information content (AvgIpc) is 2.83. The highest BCUT2D eigenvalue weighted by molar-refractivity contribution is 6.06. The summed E-state index contributed by atoms with van der Waals surface area (Å²) < 4.78 is 36.9. The van der Waals surface area contributed by atoms with Crippen molar-refractivity contribution in [3.63, 3.8) is 0 Å². The Balaban J connectivity index is 2.23. The largest absolute Gasteiger partial charge is 0.480 e. The van der Waals surface area contributed by atoms with Crippen molar-refractivity contribution in [2.75, 3.05) is 0 Å². The predicted molar refractivity (Wildman–Crippen MR) is 65.7 cm³/mol. The van der Waals surface area contributed by atoms with E-state index in [-0.39, 0.29) is 5.56 Å². The number of carbonyl (C=O) groups excluding carboxylic acids is 1. The second-order valence-electron chi connectivity index (χ2n) is 4.32. The van der Waals surface area contributed by atoms with E-state index in [1.807, 2.05) is 5.32 Å². The van der Waals surface area contributed by atoms with Gasteiger partial charge in [-0.3, -0.25) is 9.89 Å². The van der Waals surface area contributed by atoms with Gasteiger partial charge in [0.15, 0.2) is 0 Å². The van der Waals surface area contributed by atoms with Crippen LogP contribution in [-0.4, -0.2) is 39.4 Å². The van der Waals surface area contributed by atoms with Gasteiger partial charge in [-0.15, -0.1) is 0 Å². The summed E-state index contributed by atoms with van der Waals surface area (Å²) in [4.78, 5) is 22.8. The van der Waals surface area contributed by atoms with E-state index >= 15 is 0 Å². The van der Waals surface area contributed by atoms with Crippen LogP contribution in [0.15, 0.2) is 24.4 Å². The van der Waals surface area contributed by atoms with Crippen LogP contribution in [-0.2, 0) is 4.79 Å². The van der Waals surface area contributed by atoms with Gasteiger partial charge in [0.1, 0.15) is 6.04 Å². The molecule has 1 heterocycles. The van der Waals surface area contributed by atoms with Gasteiger partial charge < -0.3 is 10.4 Å². The number of hydrogen-bond donors (Lipinski definition) is 3. The second kappa shape index (κ2) is 5.43. The second-order valence-corrected chi connectivity index (χ2v) is 4.32. The third kappa shape index (κ3) is 3.50. The highest BCUT2D eigenvalue weighted by Gasteiger charge is 2.36. The number of carbonyl (C=O) groups is 2. The normalized spacial score (nSPS) is 13.1. The number of halogens is 3. The standard InChI is InChI=1S/C12H10F3N3O3/c13-12(14,15)4-8(11(20)21)17-10(19)7-3-1-2-6-5-16-18-9(6)7/h1-3,5,8H,4H2,(H,16,18)(H,17,19)(H,20,21). The maximum atomic E-state index is 12.3. The highest BCUT2D eigenvalue weighted by atomic mass is 19.4. The van der Waals surface area contributed by atoms with E-state index in [4.69, 9.17) is 5.11 Å². The molecule has 0 aliphatic rings. The average molecular weight is 301 g/mol. The Hall–Kier alpha value is -2.58. The number of amides is 1. The number of H-pyrrole nitrogens is 1. The van der Waals surface area contributed by atoms with Crippen molar-refractivity contribution in [3.05, 3.63) is 30.0 Å².